The van der Waals surface area contributed by atoms with Crippen LogP contribution >= 0.6 is 15.9 Å². The highest BCUT2D eigenvalue weighted by molar-refractivity contribution is 9.10. The van der Waals surface area contributed by atoms with Crippen molar-refractivity contribution in [3.63, 3.8) is 0 Å². The summed E-state index contributed by atoms with van der Waals surface area (Å²) in [6, 6.07) is 3.55. The zero-order valence-corrected chi connectivity index (χ0v) is 12.8. The van der Waals surface area contributed by atoms with E-state index in [0.29, 0.717) is 16.8 Å². The number of rotatable bonds is 1. The van der Waals surface area contributed by atoms with E-state index in [1.54, 1.807) is 19.2 Å². The van der Waals surface area contributed by atoms with Crippen LogP contribution in [0.3, 0.4) is 0 Å². The van der Waals surface area contributed by atoms with Gasteiger partial charge in [0.1, 0.15) is 17.7 Å². The number of carbonyl (C=O) groups excluding carboxylic acids is 1. The lowest BCUT2D eigenvalue weighted by Crippen LogP contribution is -2.26. The summed E-state index contributed by atoms with van der Waals surface area (Å²) in [5.74, 6) is 0.668. The Hall–Kier alpha value is -1.56. The van der Waals surface area contributed by atoms with E-state index in [2.05, 4.69) is 20.9 Å². The molecule has 1 heterocycles. The Bertz CT molecular complexity index is 629. The summed E-state index contributed by atoms with van der Waals surface area (Å²) in [7, 11) is 1.58. The van der Waals surface area contributed by atoms with E-state index in [0.717, 1.165) is 4.47 Å². The molecule has 0 atom stereocenters. The number of aromatic nitrogens is 2. The van der Waals surface area contributed by atoms with Gasteiger partial charge in [-0.05, 0) is 42.8 Å². The predicted octanol–water partition coefficient (Wildman–Crippen LogP) is 3.59. The molecule has 1 aromatic carbocycles. The zero-order valence-electron chi connectivity index (χ0n) is 11.2. The van der Waals surface area contributed by atoms with Crippen molar-refractivity contribution in [1.29, 1.82) is 0 Å². The second kappa shape index (κ2) is 4.85. The van der Waals surface area contributed by atoms with Gasteiger partial charge in [0, 0.05) is 6.07 Å². The van der Waals surface area contributed by atoms with E-state index in [4.69, 9.17) is 9.47 Å². The Morgan fingerprint density at radius 1 is 1.37 bits per heavy atom. The summed E-state index contributed by atoms with van der Waals surface area (Å²) in [6.07, 6.45) is 0.997. The van der Waals surface area contributed by atoms with Gasteiger partial charge in [0.05, 0.1) is 22.6 Å². The van der Waals surface area contributed by atoms with Gasteiger partial charge in [0.15, 0.2) is 0 Å². The molecule has 0 fully saturated rings. The maximum absolute atomic E-state index is 12.1. The van der Waals surface area contributed by atoms with E-state index >= 15 is 0 Å². The molecule has 0 amide bonds. The summed E-state index contributed by atoms with van der Waals surface area (Å²) in [6.45, 7) is 5.47. The number of hydrogen-bond acceptors (Lipinski definition) is 4. The summed E-state index contributed by atoms with van der Waals surface area (Å²) in [4.78, 5) is 16.2. The van der Waals surface area contributed by atoms with Crippen molar-refractivity contribution in [3.05, 3.63) is 22.9 Å². The lowest BCUT2D eigenvalue weighted by atomic mass is 10.2. The van der Waals surface area contributed by atoms with Crippen molar-refractivity contribution in [1.82, 2.24) is 9.55 Å². The Morgan fingerprint density at radius 2 is 2.05 bits per heavy atom. The van der Waals surface area contributed by atoms with Gasteiger partial charge in [-0.1, -0.05) is 0 Å². The second-order valence-corrected chi connectivity index (χ2v) is 5.92. The average molecular weight is 327 g/mol. The Morgan fingerprint density at radius 3 is 2.63 bits per heavy atom. The monoisotopic (exact) mass is 326 g/mol. The van der Waals surface area contributed by atoms with Crippen LogP contribution in [0.15, 0.2) is 22.9 Å². The van der Waals surface area contributed by atoms with Crippen molar-refractivity contribution in [2.45, 2.75) is 26.4 Å². The molecule has 102 valence electrons. The lowest BCUT2D eigenvalue weighted by molar-refractivity contribution is 0.0543. The third kappa shape index (κ3) is 2.89. The number of nitrogens with zero attached hydrogens (tertiary/aromatic N) is 2. The van der Waals surface area contributed by atoms with Gasteiger partial charge in [-0.15, -0.1) is 0 Å². The first-order valence-corrected chi connectivity index (χ1v) is 6.55. The normalized spacial score (nSPS) is 11.6. The Balaban J connectivity index is 2.46. The molecule has 19 heavy (non-hydrogen) atoms. The molecule has 2 aromatic rings. The molecule has 5 nitrogen and oxygen atoms in total. The standard InChI is InChI=1S/C13H15BrN2O3/c1-13(2,3)19-12(17)16-7-15-9-6-11(18-4)8(14)5-10(9)16/h5-7H,1-4H3. The van der Waals surface area contributed by atoms with Crippen LogP contribution in [0.1, 0.15) is 20.8 Å². The summed E-state index contributed by atoms with van der Waals surface area (Å²) >= 11 is 3.39. The third-order valence-electron chi connectivity index (χ3n) is 2.41. The van der Waals surface area contributed by atoms with E-state index in [1.165, 1.54) is 10.9 Å². The maximum atomic E-state index is 12.1. The average Bonchev–Trinajstić information content (AvgIpc) is 2.68. The molecule has 0 unspecified atom stereocenters. The molecule has 6 heteroatoms. The van der Waals surface area contributed by atoms with Crippen LogP contribution in [0.5, 0.6) is 5.75 Å². The van der Waals surface area contributed by atoms with Gasteiger partial charge in [-0.3, -0.25) is 0 Å². The molecule has 0 spiro atoms. The van der Waals surface area contributed by atoms with Crippen molar-refractivity contribution in [2.24, 2.45) is 0 Å². The smallest absolute Gasteiger partial charge is 0.420 e. The first-order valence-electron chi connectivity index (χ1n) is 5.76. The van der Waals surface area contributed by atoms with Crippen LogP contribution in [-0.2, 0) is 4.74 Å². The molecule has 0 radical (unpaired) electrons. The Labute approximate surface area is 119 Å². The van der Waals surface area contributed by atoms with Crippen LogP contribution in [-0.4, -0.2) is 28.4 Å². The number of hydrogen-bond donors (Lipinski definition) is 0. The van der Waals surface area contributed by atoms with Crippen LogP contribution in [0.2, 0.25) is 0 Å². The van der Waals surface area contributed by atoms with Gasteiger partial charge < -0.3 is 9.47 Å². The van der Waals surface area contributed by atoms with Crippen molar-refractivity contribution >= 4 is 33.1 Å². The topological polar surface area (TPSA) is 53.4 Å². The number of fused-ring (bicyclic) bond motifs is 1. The third-order valence-corrected chi connectivity index (χ3v) is 3.03. The molecular weight excluding hydrogens is 312 g/mol. The minimum atomic E-state index is -0.544. The minimum Gasteiger partial charge on any atom is -0.495 e. The van der Waals surface area contributed by atoms with Gasteiger partial charge >= 0.3 is 6.09 Å². The number of imidazole rings is 1. The fourth-order valence-corrected chi connectivity index (χ4v) is 2.12. The van der Waals surface area contributed by atoms with E-state index in [1.807, 2.05) is 20.8 Å². The summed E-state index contributed by atoms with van der Waals surface area (Å²) in [5, 5.41) is 0. The lowest BCUT2D eigenvalue weighted by Gasteiger charge is -2.19. The summed E-state index contributed by atoms with van der Waals surface area (Å²) in [5.41, 5.74) is 0.796. The first kappa shape index (κ1) is 13.9. The maximum Gasteiger partial charge on any atom is 0.420 e. The van der Waals surface area contributed by atoms with Gasteiger partial charge in [0.25, 0.3) is 0 Å². The quantitative estimate of drug-likeness (QED) is 0.803. The largest absolute Gasteiger partial charge is 0.495 e. The van der Waals surface area contributed by atoms with Gasteiger partial charge in [-0.2, -0.15) is 0 Å². The summed E-state index contributed by atoms with van der Waals surface area (Å²) < 4.78 is 12.7. The van der Waals surface area contributed by atoms with Crippen LogP contribution in [0.25, 0.3) is 11.0 Å². The first-order chi connectivity index (χ1) is 8.81. The van der Waals surface area contributed by atoms with Crippen molar-refractivity contribution < 1.29 is 14.3 Å². The minimum absolute atomic E-state index is 0.452. The SMILES string of the molecule is COc1cc2ncn(C(=O)OC(C)(C)C)c2cc1Br. The van der Waals surface area contributed by atoms with E-state index < -0.39 is 11.7 Å². The van der Waals surface area contributed by atoms with Crippen LogP contribution in [0, 0.1) is 0 Å². The van der Waals surface area contributed by atoms with Crippen molar-refractivity contribution in [2.75, 3.05) is 7.11 Å². The molecule has 2 rings (SSSR count). The van der Waals surface area contributed by atoms with Crippen LogP contribution < -0.4 is 4.74 Å². The molecule has 0 aliphatic carbocycles. The molecule has 1 aromatic heterocycles. The highest BCUT2D eigenvalue weighted by atomic mass is 79.9. The number of benzene rings is 1. The Kier molecular flexibility index (Phi) is 3.54. The highest BCUT2D eigenvalue weighted by Gasteiger charge is 2.20. The fourth-order valence-electron chi connectivity index (χ4n) is 1.62. The second-order valence-electron chi connectivity index (χ2n) is 5.07. The zero-order chi connectivity index (χ0) is 14.2. The molecule has 0 aliphatic rings. The number of halogens is 1. The fraction of sp³-hybridized carbons (Fsp3) is 0.385. The molecule has 0 N–H and O–H groups in total. The van der Waals surface area contributed by atoms with E-state index in [9.17, 15) is 4.79 Å². The molecule has 0 aliphatic heterocycles. The molecule has 0 saturated heterocycles. The van der Waals surface area contributed by atoms with E-state index in [-0.39, 0.29) is 0 Å². The van der Waals surface area contributed by atoms with Crippen LogP contribution in [0.4, 0.5) is 4.79 Å². The number of ether oxygens (including phenoxy) is 2. The number of methoxy groups -OCH3 is 1. The highest BCUT2D eigenvalue weighted by Crippen LogP contribution is 2.29. The predicted molar refractivity (Wildman–Crippen MR) is 75.6 cm³/mol. The molecule has 0 saturated carbocycles. The van der Waals surface area contributed by atoms with Gasteiger partial charge in [-0.25, -0.2) is 14.3 Å². The van der Waals surface area contributed by atoms with Gasteiger partial charge in [0.2, 0.25) is 0 Å². The number of carbonyl (C=O) groups is 1. The molecule has 0 bridgehead atoms. The van der Waals surface area contributed by atoms with Crippen molar-refractivity contribution in [3.8, 4) is 5.75 Å². The molecular formula is C13H15BrN2O3.